The summed E-state index contributed by atoms with van der Waals surface area (Å²) in [6.45, 7) is 8.67. The summed E-state index contributed by atoms with van der Waals surface area (Å²) >= 11 is 0. The Morgan fingerprint density at radius 2 is 2.16 bits per heavy atom. The van der Waals surface area contributed by atoms with Crippen LogP contribution in [0.25, 0.3) is 0 Å². The summed E-state index contributed by atoms with van der Waals surface area (Å²) in [5.41, 5.74) is 0. The number of carbonyl (C=O) groups is 1. The van der Waals surface area contributed by atoms with Gasteiger partial charge in [0.1, 0.15) is 0 Å². The molecule has 0 spiro atoms. The van der Waals surface area contributed by atoms with Gasteiger partial charge in [-0.25, -0.2) is 0 Å². The van der Waals surface area contributed by atoms with Crippen molar-refractivity contribution in [2.24, 2.45) is 5.92 Å². The summed E-state index contributed by atoms with van der Waals surface area (Å²) < 4.78 is 0. The van der Waals surface area contributed by atoms with Crippen molar-refractivity contribution in [3.63, 3.8) is 0 Å². The Morgan fingerprint density at radius 3 is 2.79 bits per heavy atom. The summed E-state index contributed by atoms with van der Waals surface area (Å²) in [6, 6.07) is -0.0804. The Labute approximate surface area is 117 Å². The van der Waals surface area contributed by atoms with Gasteiger partial charge in [-0.05, 0) is 32.1 Å². The lowest BCUT2D eigenvalue weighted by Gasteiger charge is -2.38. The zero-order chi connectivity index (χ0) is 14.3. The second-order valence-electron chi connectivity index (χ2n) is 5.69. The third-order valence-electron chi connectivity index (χ3n) is 4.26. The molecular weight excluding hydrogens is 240 g/mol. The van der Waals surface area contributed by atoms with Crippen LogP contribution in [0.1, 0.15) is 52.9 Å². The van der Waals surface area contributed by atoms with Crippen molar-refractivity contribution in [1.29, 1.82) is 0 Å². The number of hydrogen-bond acceptors (Lipinski definition) is 3. The Kier molecular flexibility index (Phi) is 7.39. The lowest BCUT2D eigenvalue weighted by molar-refractivity contribution is -0.127. The number of carbonyl (C=O) groups excluding carboxylic acids is 1. The molecular formula is C15H30N2O2. The Hall–Kier alpha value is -0.610. The first-order chi connectivity index (χ1) is 9.10. The molecule has 1 amide bonds. The van der Waals surface area contributed by atoms with E-state index in [9.17, 15) is 9.90 Å². The molecule has 0 aromatic heterocycles. The van der Waals surface area contributed by atoms with E-state index < -0.39 is 0 Å². The van der Waals surface area contributed by atoms with Gasteiger partial charge in [-0.2, -0.15) is 0 Å². The first-order valence-corrected chi connectivity index (χ1v) is 7.79. The van der Waals surface area contributed by atoms with Crippen LogP contribution in [0.15, 0.2) is 0 Å². The maximum absolute atomic E-state index is 12.1. The summed E-state index contributed by atoms with van der Waals surface area (Å²) in [5, 5.41) is 12.9. The van der Waals surface area contributed by atoms with E-state index in [4.69, 9.17) is 0 Å². The molecule has 3 atom stereocenters. The number of nitrogens with one attached hydrogen (secondary N) is 1. The van der Waals surface area contributed by atoms with Crippen molar-refractivity contribution in [2.45, 2.75) is 65.0 Å². The average Bonchev–Trinajstić information content (AvgIpc) is 2.43. The van der Waals surface area contributed by atoms with Crippen LogP contribution in [0, 0.1) is 5.92 Å². The Morgan fingerprint density at radius 1 is 1.42 bits per heavy atom. The minimum atomic E-state index is -0.193. The smallest absolute Gasteiger partial charge is 0.237 e. The molecule has 0 aromatic rings. The van der Waals surface area contributed by atoms with Crippen LogP contribution in [0.3, 0.4) is 0 Å². The molecule has 19 heavy (non-hydrogen) atoms. The molecule has 4 heteroatoms. The molecule has 0 aliphatic carbocycles. The highest BCUT2D eigenvalue weighted by Gasteiger charge is 2.31. The molecule has 112 valence electrons. The van der Waals surface area contributed by atoms with E-state index in [1.54, 1.807) is 0 Å². The van der Waals surface area contributed by atoms with Gasteiger partial charge in [0.25, 0.3) is 0 Å². The van der Waals surface area contributed by atoms with Crippen LogP contribution in [-0.2, 0) is 4.79 Å². The number of aliphatic hydroxyl groups is 1. The minimum Gasteiger partial charge on any atom is -0.393 e. The second-order valence-corrected chi connectivity index (χ2v) is 5.69. The van der Waals surface area contributed by atoms with Crippen LogP contribution in [0.5, 0.6) is 0 Å². The molecule has 0 radical (unpaired) electrons. The first kappa shape index (κ1) is 16.4. The van der Waals surface area contributed by atoms with Crippen molar-refractivity contribution in [3.8, 4) is 0 Å². The second kappa shape index (κ2) is 8.54. The van der Waals surface area contributed by atoms with Gasteiger partial charge in [0, 0.05) is 19.6 Å². The number of piperidine rings is 1. The van der Waals surface area contributed by atoms with Crippen molar-refractivity contribution in [1.82, 2.24) is 10.2 Å². The molecule has 2 N–H and O–H groups in total. The largest absolute Gasteiger partial charge is 0.393 e. The van der Waals surface area contributed by atoms with Gasteiger partial charge in [-0.1, -0.05) is 26.7 Å². The highest BCUT2D eigenvalue weighted by molar-refractivity contribution is 5.81. The highest BCUT2D eigenvalue weighted by Crippen LogP contribution is 2.21. The van der Waals surface area contributed by atoms with E-state index in [-0.39, 0.29) is 18.1 Å². The molecule has 1 fully saturated rings. The fourth-order valence-electron chi connectivity index (χ4n) is 2.70. The predicted octanol–water partition coefficient (Wildman–Crippen LogP) is 1.77. The lowest BCUT2D eigenvalue weighted by Crippen LogP contribution is -2.52. The number of aliphatic hydroxyl groups excluding tert-OH is 1. The Balaban J connectivity index is 2.35. The predicted molar refractivity (Wildman–Crippen MR) is 78.0 cm³/mol. The monoisotopic (exact) mass is 270 g/mol. The average molecular weight is 270 g/mol. The Bertz CT molecular complexity index is 271. The fourth-order valence-corrected chi connectivity index (χ4v) is 2.70. The summed E-state index contributed by atoms with van der Waals surface area (Å²) in [6.07, 6.45) is 4.97. The van der Waals surface area contributed by atoms with E-state index >= 15 is 0 Å². The van der Waals surface area contributed by atoms with Gasteiger partial charge in [-0.15, -0.1) is 0 Å². The first-order valence-electron chi connectivity index (χ1n) is 7.79. The van der Waals surface area contributed by atoms with E-state index in [1.807, 2.05) is 6.92 Å². The van der Waals surface area contributed by atoms with Crippen LogP contribution < -0.4 is 5.32 Å². The minimum absolute atomic E-state index is 0.0804. The van der Waals surface area contributed by atoms with Crippen molar-refractivity contribution in [2.75, 3.05) is 19.6 Å². The van der Waals surface area contributed by atoms with Crippen LogP contribution in [0.2, 0.25) is 0 Å². The van der Waals surface area contributed by atoms with Gasteiger partial charge < -0.3 is 10.4 Å². The normalized spacial score (nSPS) is 26.1. The standard InChI is InChI=1S/C15H30N2O2/c1-4-6-7-9-16-15(19)12(3)17-10-8-14(18)13(5-2)11-17/h12-14,18H,4-11H2,1-3H3,(H,16,19). The number of nitrogens with zero attached hydrogens (tertiary/aromatic N) is 1. The molecule has 0 aromatic carbocycles. The summed E-state index contributed by atoms with van der Waals surface area (Å²) in [5.74, 6) is 0.437. The number of hydrogen-bond donors (Lipinski definition) is 2. The van der Waals surface area contributed by atoms with Crippen LogP contribution in [-0.4, -0.2) is 47.7 Å². The van der Waals surface area contributed by atoms with Crippen molar-refractivity contribution in [3.05, 3.63) is 0 Å². The molecule has 1 aliphatic rings. The summed E-state index contributed by atoms with van der Waals surface area (Å²) in [7, 11) is 0. The van der Waals surface area contributed by atoms with Crippen molar-refractivity contribution < 1.29 is 9.90 Å². The van der Waals surface area contributed by atoms with Crippen LogP contribution in [0.4, 0.5) is 0 Å². The third kappa shape index (κ3) is 5.11. The number of amides is 1. The molecule has 0 saturated carbocycles. The topological polar surface area (TPSA) is 52.6 Å². The zero-order valence-corrected chi connectivity index (χ0v) is 12.7. The molecule has 1 saturated heterocycles. The highest BCUT2D eigenvalue weighted by atomic mass is 16.3. The molecule has 1 rings (SSSR count). The van der Waals surface area contributed by atoms with Crippen LogP contribution >= 0.6 is 0 Å². The summed E-state index contributed by atoms with van der Waals surface area (Å²) in [4.78, 5) is 14.3. The quantitative estimate of drug-likeness (QED) is 0.693. The maximum Gasteiger partial charge on any atom is 0.237 e. The molecule has 1 heterocycles. The molecule has 3 unspecified atom stereocenters. The maximum atomic E-state index is 12.1. The third-order valence-corrected chi connectivity index (χ3v) is 4.26. The van der Waals surface area contributed by atoms with Crippen molar-refractivity contribution >= 4 is 5.91 Å². The van der Waals surface area contributed by atoms with Gasteiger partial charge in [-0.3, -0.25) is 9.69 Å². The molecule has 4 nitrogen and oxygen atoms in total. The van der Waals surface area contributed by atoms with E-state index in [1.165, 1.54) is 12.8 Å². The SMILES string of the molecule is CCCCCNC(=O)C(C)N1CCC(O)C(CC)C1. The van der Waals surface area contributed by atoms with E-state index in [0.29, 0.717) is 5.92 Å². The van der Waals surface area contributed by atoms with E-state index in [0.717, 1.165) is 38.9 Å². The van der Waals surface area contributed by atoms with E-state index in [2.05, 4.69) is 24.1 Å². The fraction of sp³-hybridized carbons (Fsp3) is 0.933. The number of likely N-dealkylation sites (tertiary alicyclic amines) is 1. The lowest BCUT2D eigenvalue weighted by atomic mass is 9.91. The van der Waals surface area contributed by atoms with Gasteiger partial charge in [0.2, 0.25) is 5.91 Å². The number of unbranched alkanes of at least 4 members (excludes halogenated alkanes) is 2. The zero-order valence-electron chi connectivity index (χ0n) is 12.7. The van der Waals surface area contributed by atoms with Gasteiger partial charge >= 0.3 is 0 Å². The van der Waals surface area contributed by atoms with Gasteiger partial charge in [0.05, 0.1) is 12.1 Å². The number of rotatable bonds is 7. The molecule has 1 aliphatic heterocycles. The molecule has 0 bridgehead atoms. The van der Waals surface area contributed by atoms with Gasteiger partial charge in [0.15, 0.2) is 0 Å².